The number of aliphatic carboxylic acids is 1. The first-order valence-corrected chi connectivity index (χ1v) is 6.10. The summed E-state index contributed by atoms with van der Waals surface area (Å²) in [5.74, 6) is -0.653. The van der Waals surface area contributed by atoms with E-state index in [0.717, 1.165) is 32.5 Å². The Morgan fingerprint density at radius 3 is 2.62 bits per heavy atom. The molecule has 0 bridgehead atoms. The highest BCUT2D eigenvalue weighted by molar-refractivity contribution is 5.68. The molecule has 2 rings (SSSR count). The standard InChI is InChI=1S/C12H21NO3/c1-16-7-6-13(10-2-3-10)9-12(4-5-12)8-11(14)15/h10H,2-9H2,1H3,(H,14,15). The van der Waals surface area contributed by atoms with Gasteiger partial charge in [-0.3, -0.25) is 9.69 Å². The minimum absolute atomic E-state index is 0.0855. The van der Waals surface area contributed by atoms with Gasteiger partial charge in [-0.1, -0.05) is 0 Å². The second-order valence-electron chi connectivity index (χ2n) is 5.26. The molecule has 0 aliphatic heterocycles. The van der Waals surface area contributed by atoms with E-state index in [0.29, 0.717) is 12.5 Å². The van der Waals surface area contributed by atoms with Crippen molar-refractivity contribution in [3.8, 4) is 0 Å². The molecular weight excluding hydrogens is 206 g/mol. The first kappa shape index (κ1) is 11.9. The number of rotatable bonds is 8. The zero-order valence-corrected chi connectivity index (χ0v) is 9.95. The van der Waals surface area contributed by atoms with Gasteiger partial charge in [0.25, 0.3) is 0 Å². The van der Waals surface area contributed by atoms with Crippen LogP contribution >= 0.6 is 0 Å². The molecule has 2 saturated carbocycles. The average molecular weight is 227 g/mol. The van der Waals surface area contributed by atoms with Crippen LogP contribution in [0, 0.1) is 5.41 Å². The van der Waals surface area contributed by atoms with Crippen molar-refractivity contribution >= 4 is 5.97 Å². The fourth-order valence-electron chi connectivity index (χ4n) is 2.36. The van der Waals surface area contributed by atoms with Crippen LogP contribution in [-0.4, -0.2) is 48.8 Å². The van der Waals surface area contributed by atoms with Gasteiger partial charge in [0.1, 0.15) is 0 Å². The lowest BCUT2D eigenvalue weighted by molar-refractivity contribution is -0.138. The molecule has 0 aromatic carbocycles. The van der Waals surface area contributed by atoms with Crippen LogP contribution in [0.15, 0.2) is 0 Å². The van der Waals surface area contributed by atoms with E-state index in [1.807, 2.05) is 0 Å². The van der Waals surface area contributed by atoms with Gasteiger partial charge in [-0.25, -0.2) is 0 Å². The minimum atomic E-state index is -0.653. The van der Waals surface area contributed by atoms with E-state index in [4.69, 9.17) is 9.84 Å². The van der Waals surface area contributed by atoms with Gasteiger partial charge < -0.3 is 9.84 Å². The van der Waals surface area contributed by atoms with Crippen LogP contribution in [0.2, 0.25) is 0 Å². The number of carbonyl (C=O) groups is 1. The molecule has 4 nitrogen and oxygen atoms in total. The number of methoxy groups -OCH3 is 1. The summed E-state index contributed by atoms with van der Waals surface area (Å²) < 4.78 is 5.11. The SMILES string of the molecule is COCCN(CC1(CC(=O)O)CC1)C1CC1. The Hall–Kier alpha value is -0.610. The molecular formula is C12H21NO3. The summed E-state index contributed by atoms with van der Waals surface area (Å²) in [4.78, 5) is 13.2. The van der Waals surface area contributed by atoms with Gasteiger partial charge in [0.05, 0.1) is 13.0 Å². The molecule has 0 radical (unpaired) electrons. The Morgan fingerprint density at radius 2 is 2.19 bits per heavy atom. The third-order valence-electron chi connectivity index (χ3n) is 3.67. The van der Waals surface area contributed by atoms with Crippen molar-refractivity contribution in [1.82, 2.24) is 4.90 Å². The van der Waals surface area contributed by atoms with E-state index >= 15 is 0 Å². The molecule has 0 unspecified atom stereocenters. The van der Waals surface area contributed by atoms with Gasteiger partial charge in [-0.15, -0.1) is 0 Å². The molecule has 0 saturated heterocycles. The summed E-state index contributed by atoms with van der Waals surface area (Å²) >= 11 is 0. The summed E-state index contributed by atoms with van der Waals surface area (Å²) in [7, 11) is 1.72. The molecule has 0 atom stereocenters. The van der Waals surface area contributed by atoms with Crippen LogP contribution in [0.25, 0.3) is 0 Å². The Morgan fingerprint density at radius 1 is 1.50 bits per heavy atom. The fourth-order valence-corrected chi connectivity index (χ4v) is 2.36. The first-order valence-electron chi connectivity index (χ1n) is 6.10. The number of carboxylic acid groups (broad SMARTS) is 1. The van der Waals surface area contributed by atoms with Crippen LogP contribution in [0.5, 0.6) is 0 Å². The second-order valence-corrected chi connectivity index (χ2v) is 5.26. The maximum absolute atomic E-state index is 10.8. The third kappa shape index (κ3) is 3.19. The molecule has 4 heteroatoms. The third-order valence-corrected chi connectivity index (χ3v) is 3.67. The van der Waals surface area contributed by atoms with Crippen molar-refractivity contribution in [1.29, 1.82) is 0 Å². The lowest BCUT2D eigenvalue weighted by atomic mass is 10.0. The predicted molar refractivity (Wildman–Crippen MR) is 60.4 cm³/mol. The van der Waals surface area contributed by atoms with E-state index in [1.54, 1.807) is 7.11 Å². The summed E-state index contributed by atoms with van der Waals surface area (Å²) in [6.45, 7) is 2.65. The van der Waals surface area contributed by atoms with Gasteiger partial charge in [0.2, 0.25) is 0 Å². The maximum Gasteiger partial charge on any atom is 0.303 e. The minimum Gasteiger partial charge on any atom is -0.481 e. The van der Waals surface area contributed by atoms with Crippen molar-refractivity contribution in [2.24, 2.45) is 5.41 Å². The smallest absolute Gasteiger partial charge is 0.303 e. The highest BCUT2D eigenvalue weighted by atomic mass is 16.5. The highest BCUT2D eigenvalue weighted by Crippen LogP contribution is 2.50. The first-order chi connectivity index (χ1) is 7.65. The molecule has 2 fully saturated rings. The van der Waals surface area contributed by atoms with E-state index in [-0.39, 0.29) is 5.41 Å². The predicted octanol–water partition coefficient (Wildman–Crippen LogP) is 1.35. The second kappa shape index (κ2) is 4.72. The highest BCUT2D eigenvalue weighted by Gasteiger charge is 2.47. The van der Waals surface area contributed by atoms with E-state index in [9.17, 15) is 4.79 Å². The van der Waals surface area contributed by atoms with Crippen molar-refractivity contribution in [3.05, 3.63) is 0 Å². The molecule has 0 aromatic heterocycles. The molecule has 0 amide bonds. The van der Waals surface area contributed by atoms with Crippen molar-refractivity contribution in [3.63, 3.8) is 0 Å². The number of hydrogen-bond acceptors (Lipinski definition) is 3. The van der Waals surface area contributed by atoms with Gasteiger partial charge >= 0.3 is 5.97 Å². The van der Waals surface area contributed by atoms with Crippen LogP contribution in [0.1, 0.15) is 32.1 Å². The Bertz CT molecular complexity index is 259. The van der Waals surface area contributed by atoms with Gasteiger partial charge in [0, 0.05) is 26.2 Å². The molecule has 0 spiro atoms. The Balaban J connectivity index is 1.82. The summed E-state index contributed by atoms with van der Waals surface area (Å²) in [5, 5.41) is 8.89. The molecule has 1 N–H and O–H groups in total. The number of carboxylic acids is 1. The van der Waals surface area contributed by atoms with Crippen molar-refractivity contribution < 1.29 is 14.6 Å². The molecule has 0 aromatic rings. The summed E-state index contributed by atoms with van der Waals surface area (Å²) in [6, 6.07) is 0.696. The van der Waals surface area contributed by atoms with Gasteiger partial charge in [-0.05, 0) is 31.1 Å². The average Bonchev–Trinajstić information content (AvgIpc) is 3.05. The van der Waals surface area contributed by atoms with Crippen molar-refractivity contribution in [2.75, 3.05) is 26.8 Å². The maximum atomic E-state index is 10.8. The lowest BCUT2D eigenvalue weighted by Gasteiger charge is -2.26. The monoisotopic (exact) mass is 227 g/mol. The molecule has 0 heterocycles. The lowest BCUT2D eigenvalue weighted by Crippen LogP contribution is -2.35. The quantitative estimate of drug-likeness (QED) is 0.680. The molecule has 2 aliphatic carbocycles. The van der Waals surface area contributed by atoms with E-state index in [2.05, 4.69) is 4.90 Å². The molecule has 16 heavy (non-hydrogen) atoms. The van der Waals surface area contributed by atoms with Gasteiger partial charge in [-0.2, -0.15) is 0 Å². The number of ether oxygens (including phenoxy) is 1. The summed E-state index contributed by atoms with van der Waals surface area (Å²) in [6.07, 6.45) is 5.04. The van der Waals surface area contributed by atoms with Crippen LogP contribution in [0.3, 0.4) is 0 Å². The normalized spacial score (nSPS) is 22.4. The zero-order chi connectivity index (χ0) is 11.6. The topological polar surface area (TPSA) is 49.8 Å². The zero-order valence-electron chi connectivity index (χ0n) is 9.95. The molecule has 92 valence electrons. The Kier molecular flexibility index (Phi) is 3.50. The van der Waals surface area contributed by atoms with E-state index < -0.39 is 5.97 Å². The van der Waals surface area contributed by atoms with Crippen LogP contribution in [-0.2, 0) is 9.53 Å². The summed E-state index contributed by atoms with van der Waals surface area (Å²) in [5.41, 5.74) is 0.0855. The number of hydrogen-bond donors (Lipinski definition) is 1. The van der Waals surface area contributed by atoms with Crippen LogP contribution in [0.4, 0.5) is 0 Å². The van der Waals surface area contributed by atoms with Crippen molar-refractivity contribution in [2.45, 2.75) is 38.1 Å². The Labute approximate surface area is 96.6 Å². The van der Waals surface area contributed by atoms with E-state index in [1.165, 1.54) is 12.8 Å². The van der Waals surface area contributed by atoms with Gasteiger partial charge in [0.15, 0.2) is 0 Å². The van der Waals surface area contributed by atoms with Crippen LogP contribution < -0.4 is 0 Å². The number of nitrogens with zero attached hydrogens (tertiary/aromatic N) is 1. The molecule has 2 aliphatic rings. The largest absolute Gasteiger partial charge is 0.481 e. The fraction of sp³-hybridized carbons (Fsp3) is 0.917.